The average Bonchev–Trinajstić information content (AvgIpc) is 3.47. The molecule has 1 fully saturated rings. The molecule has 1 saturated heterocycles. The number of nitrogens with one attached hydrogen (secondary N) is 1. The number of sulfonamides is 1. The molecule has 0 aliphatic carbocycles. The molecule has 0 radical (unpaired) electrons. The lowest BCUT2D eigenvalue weighted by Gasteiger charge is -2.25. The summed E-state index contributed by atoms with van der Waals surface area (Å²) in [6.07, 6.45) is -4.35. The summed E-state index contributed by atoms with van der Waals surface area (Å²) in [7, 11) is -3.96. The zero-order valence-electron chi connectivity index (χ0n) is 26.8. The average molecular weight is 710 g/mol. The van der Waals surface area contributed by atoms with Crippen molar-refractivity contribution < 1.29 is 41.7 Å². The molecular weight excluding hydrogens is 678 g/mol. The van der Waals surface area contributed by atoms with Crippen molar-refractivity contribution in [3.8, 4) is 0 Å². The molecule has 51 heavy (non-hydrogen) atoms. The number of aromatic nitrogens is 2. The second-order valence-electron chi connectivity index (χ2n) is 11.4. The van der Waals surface area contributed by atoms with Crippen molar-refractivity contribution in [2.75, 3.05) is 11.3 Å². The van der Waals surface area contributed by atoms with E-state index in [-0.39, 0.29) is 28.3 Å². The molecule has 0 saturated carbocycles. The van der Waals surface area contributed by atoms with Gasteiger partial charge >= 0.3 is 23.6 Å². The molecule has 1 aromatic heterocycles. The zero-order valence-corrected chi connectivity index (χ0v) is 27.6. The van der Waals surface area contributed by atoms with Crippen molar-refractivity contribution in [1.29, 1.82) is 0 Å². The summed E-state index contributed by atoms with van der Waals surface area (Å²) in [5.41, 5.74) is 0.145. The van der Waals surface area contributed by atoms with E-state index < -0.39 is 64.8 Å². The fourth-order valence-corrected chi connectivity index (χ4v) is 6.47. The van der Waals surface area contributed by atoms with Gasteiger partial charge in [-0.2, -0.15) is 4.98 Å². The first-order chi connectivity index (χ1) is 24.7. The van der Waals surface area contributed by atoms with Crippen LogP contribution in [0.5, 0.6) is 0 Å². The van der Waals surface area contributed by atoms with E-state index in [1.165, 1.54) is 36.5 Å². The molecule has 2 heterocycles. The minimum absolute atomic E-state index is 0.164. The minimum Gasteiger partial charge on any atom is -0.459 e. The van der Waals surface area contributed by atoms with Crippen LogP contribution in [-0.2, 0) is 34.7 Å². The second kappa shape index (κ2) is 15.6. The SMILES string of the molecule is O=C(OC[C@@H]1OC(n2ccc(NS(=O)(=O)Cc3ccccc3)nc2=O)[C@@H](OC(=O)c2ccccc2)[C@H]1OC(=O)c1ccccc1)c1ccccc1. The lowest BCUT2D eigenvalue weighted by atomic mass is 10.1. The Morgan fingerprint density at radius 3 is 1.71 bits per heavy atom. The monoisotopic (exact) mass is 709 g/mol. The van der Waals surface area contributed by atoms with Crippen LogP contribution < -0.4 is 10.4 Å². The zero-order chi connectivity index (χ0) is 35.8. The molecule has 1 aliphatic heterocycles. The van der Waals surface area contributed by atoms with Gasteiger partial charge in [-0.25, -0.2) is 27.6 Å². The van der Waals surface area contributed by atoms with Crippen molar-refractivity contribution in [3.05, 3.63) is 166 Å². The number of rotatable bonds is 12. The Bertz CT molecular complexity index is 2150. The van der Waals surface area contributed by atoms with Gasteiger partial charge in [0.2, 0.25) is 10.0 Å². The molecule has 6 rings (SSSR count). The summed E-state index contributed by atoms with van der Waals surface area (Å²) < 4.78 is 52.4. The molecule has 1 aliphatic rings. The maximum absolute atomic E-state index is 13.5. The number of esters is 3. The Morgan fingerprint density at radius 1 is 0.686 bits per heavy atom. The lowest BCUT2D eigenvalue weighted by molar-refractivity contribution is -0.0639. The van der Waals surface area contributed by atoms with E-state index >= 15 is 0 Å². The summed E-state index contributed by atoms with van der Waals surface area (Å²) in [4.78, 5) is 57.0. The number of benzene rings is 4. The smallest absolute Gasteiger partial charge is 0.351 e. The Labute approximate surface area is 292 Å². The maximum Gasteiger partial charge on any atom is 0.351 e. The van der Waals surface area contributed by atoms with Gasteiger partial charge in [0, 0.05) is 6.20 Å². The first-order valence-electron chi connectivity index (χ1n) is 15.7. The third-order valence-corrected chi connectivity index (χ3v) is 8.98. The molecule has 260 valence electrons. The third kappa shape index (κ3) is 8.73. The summed E-state index contributed by atoms with van der Waals surface area (Å²) >= 11 is 0. The summed E-state index contributed by atoms with van der Waals surface area (Å²) in [5.74, 6) is -2.93. The largest absolute Gasteiger partial charge is 0.459 e. The van der Waals surface area contributed by atoms with Crippen LogP contribution in [0.2, 0.25) is 0 Å². The third-order valence-electron chi connectivity index (χ3n) is 7.74. The van der Waals surface area contributed by atoms with Crippen molar-refractivity contribution in [2.45, 2.75) is 30.3 Å². The predicted molar refractivity (Wildman–Crippen MR) is 183 cm³/mol. The summed E-state index contributed by atoms with van der Waals surface area (Å²) in [6, 6.07) is 33.9. The number of carbonyl (C=O) groups is 3. The van der Waals surface area contributed by atoms with Gasteiger partial charge in [0.05, 0.1) is 22.4 Å². The highest BCUT2D eigenvalue weighted by Crippen LogP contribution is 2.35. The first-order valence-corrected chi connectivity index (χ1v) is 17.4. The quantitative estimate of drug-likeness (QED) is 0.144. The van der Waals surface area contributed by atoms with Crippen LogP contribution in [0.15, 0.2) is 138 Å². The molecule has 0 amide bonds. The van der Waals surface area contributed by atoms with Crippen molar-refractivity contribution in [2.24, 2.45) is 0 Å². The van der Waals surface area contributed by atoms with E-state index in [9.17, 15) is 27.6 Å². The van der Waals surface area contributed by atoms with Crippen LogP contribution in [0.1, 0.15) is 42.9 Å². The van der Waals surface area contributed by atoms with Gasteiger partial charge in [-0.1, -0.05) is 84.9 Å². The standard InChI is InChI=1S/C37H31N3O10S/c41-34(26-15-7-2-8-16-26)47-23-29-31(49-35(42)27-17-9-3-10-18-27)32(50-36(43)28-19-11-4-12-20-28)33(48-29)40-22-21-30(38-37(40)44)39-51(45,46)24-25-13-5-1-6-14-25/h1-22,29,31-33H,23-24H2,(H,38,39,44)/t29-,31-,32-,33?/m0/s1. The maximum atomic E-state index is 13.5. The molecular formula is C37H31N3O10S. The van der Waals surface area contributed by atoms with Gasteiger partial charge in [0.25, 0.3) is 0 Å². The minimum atomic E-state index is -3.96. The number of carbonyl (C=O) groups excluding carboxylic acids is 3. The van der Waals surface area contributed by atoms with Crippen LogP contribution in [0, 0.1) is 0 Å². The van der Waals surface area contributed by atoms with Crippen LogP contribution in [0.4, 0.5) is 5.82 Å². The fraction of sp³-hybridized carbons (Fsp3) is 0.162. The van der Waals surface area contributed by atoms with Crippen LogP contribution >= 0.6 is 0 Å². The topological polar surface area (TPSA) is 169 Å². The Hall–Kier alpha value is -6.12. The van der Waals surface area contributed by atoms with E-state index in [1.54, 1.807) is 97.1 Å². The van der Waals surface area contributed by atoms with Crippen LogP contribution in [0.25, 0.3) is 0 Å². The van der Waals surface area contributed by atoms with Crippen LogP contribution in [-0.4, -0.2) is 60.8 Å². The number of anilines is 1. The normalized spacial score (nSPS) is 18.4. The Balaban J connectivity index is 1.32. The van der Waals surface area contributed by atoms with Gasteiger partial charge in [0.1, 0.15) is 18.5 Å². The van der Waals surface area contributed by atoms with Gasteiger partial charge in [-0.05, 0) is 48.0 Å². The highest BCUT2D eigenvalue weighted by atomic mass is 32.2. The van der Waals surface area contributed by atoms with Gasteiger partial charge < -0.3 is 18.9 Å². The molecule has 4 aromatic carbocycles. The lowest BCUT2D eigenvalue weighted by Crippen LogP contribution is -2.42. The number of nitrogens with zero attached hydrogens (tertiary/aromatic N) is 2. The molecule has 0 bridgehead atoms. The highest BCUT2D eigenvalue weighted by Gasteiger charge is 2.51. The van der Waals surface area contributed by atoms with Crippen molar-refractivity contribution >= 4 is 33.7 Å². The predicted octanol–water partition coefficient (Wildman–Crippen LogP) is 4.39. The van der Waals surface area contributed by atoms with E-state index in [0.717, 1.165) is 4.57 Å². The van der Waals surface area contributed by atoms with Crippen LogP contribution in [0.3, 0.4) is 0 Å². The summed E-state index contributed by atoms with van der Waals surface area (Å²) in [6.45, 7) is -0.462. The molecule has 0 spiro atoms. The summed E-state index contributed by atoms with van der Waals surface area (Å²) in [5, 5.41) is 0. The first kappa shape index (κ1) is 34.7. The van der Waals surface area contributed by atoms with E-state index in [0.29, 0.717) is 5.56 Å². The van der Waals surface area contributed by atoms with Crippen molar-refractivity contribution in [3.63, 3.8) is 0 Å². The molecule has 14 heteroatoms. The molecule has 13 nitrogen and oxygen atoms in total. The second-order valence-corrected chi connectivity index (χ2v) is 13.1. The van der Waals surface area contributed by atoms with E-state index in [2.05, 4.69) is 9.71 Å². The Kier molecular flexibility index (Phi) is 10.6. The van der Waals surface area contributed by atoms with E-state index in [4.69, 9.17) is 18.9 Å². The number of hydrogen-bond acceptors (Lipinski definition) is 11. The fourth-order valence-electron chi connectivity index (χ4n) is 5.33. The van der Waals surface area contributed by atoms with Gasteiger partial charge in [-0.3, -0.25) is 9.29 Å². The molecule has 5 aromatic rings. The van der Waals surface area contributed by atoms with Gasteiger partial charge in [-0.15, -0.1) is 0 Å². The van der Waals surface area contributed by atoms with E-state index in [1.807, 2.05) is 0 Å². The molecule has 1 N–H and O–H groups in total. The number of hydrogen-bond donors (Lipinski definition) is 1. The Morgan fingerprint density at radius 2 is 1.18 bits per heavy atom. The number of ether oxygens (including phenoxy) is 4. The molecule has 1 unspecified atom stereocenters. The van der Waals surface area contributed by atoms with Crippen molar-refractivity contribution in [1.82, 2.24) is 9.55 Å². The van der Waals surface area contributed by atoms with Gasteiger partial charge in [0.15, 0.2) is 18.4 Å². The highest BCUT2D eigenvalue weighted by molar-refractivity contribution is 7.91. The molecule has 4 atom stereocenters.